The zero-order chi connectivity index (χ0) is 19.1. The molecule has 1 aromatic heterocycles. The summed E-state index contributed by atoms with van der Waals surface area (Å²) in [7, 11) is -3.64. The van der Waals surface area contributed by atoms with Crippen LogP contribution in [0.1, 0.15) is 31.4 Å². The third kappa shape index (κ3) is 5.51. The van der Waals surface area contributed by atoms with E-state index in [1.807, 2.05) is 4.90 Å². The van der Waals surface area contributed by atoms with Crippen molar-refractivity contribution in [1.29, 1.82) is 0 Å². The number of hydrogen-bond acceptors (Lipinski definition) is 4. The zero-order valence-corrected chi connectivity index (χ0v) is 15.9. The number of pyridine rings is 1. The summed E-state index contributed by atoms with van der Waals surface area (Å²) in [6, 6.07) is 11.4. The molecule has 0 bridgehead atoms. The van der Waals surface area contributed by atoms with Gasteiger partial charge in [0, 0.05) is 25.0 Å². The molecule has 0 spiro atoms. The topological polar surface area (TPSA) is 91.4 Å². The number of likely N-dealkylation sites (tertiary alicyclic amines) is 1. The van der Waals surface area contributed by atoms with Crippen LogP contribution in [0.15, 0.2) is 53.6 Å². The van der Waals surface area contributed by atoms with Crippen LogP contribution in [-0.4, -0.2) is 37.4 Å². The second-order valence-electron chi connectivity index (χ2n) is 6.50. The zero-order valence-electron chi connectivity index (χ0n) is 15.1. The quantitative estimate of drug-likeness (QED) is 0.824. The number of urea groups is 1. The van der Waals surface area contributed by atoms with Crippen LogP contribution in [0.4, 0.5) is 10.5 Å². The van der Waals surface area contributed by atoms with Gasteiger partial charge in [0.05, 0.1) is 17.1 Å². The molecule has 1 saturated heterocycles. The van der Waals surface area contributed by atoms with E-state index in [1.165, 1.54) is 12.1 Å². The SMILES string of the molecule is O=C(Nc1ccc(S(=O)(=O)NCc2ccccn2)cc1)N1CCCCCC1. The number of nitrogens with one attached hydrogen (secondary N) is 2. The normalized spacial score (nSPS) is 15.2. The van der Waals surface area contributed by atoms with Crippen molar-refractivity contribution in [2.45, 2.75) is 37.1 Å². The average molecular weight is 388 g/mol. The minimum atomic E-state index is -3.64. The molecule has 1 aromatic carbocycles. The summed E-state index contributed by atoms with van der Waals surface area (Å²) in [6.07, 6.45) is 5.97. The van der Waals surface area contributed by atoms with Gasteiger partial charge < -0.3 is 10.2 Å². The number of hydrogen-bond donors (Lipinski definition) is 2. The Labute approximate surface area is 159 Å². The largest absolute Gasteiger partial charge is 0.325 e. The maximum atomic E-state index is 12.4. The first kappa shape index (κ1) is 19.3. The van der Waals surface area contributed by atoms with Crippen LogP contribution in [0, 0.1) is 0 Å². The first-order chi connectivity index (χ1) is 13.0. The lowest BCUT2D eigenvalue weighted by atomic mass is 10.2. The van der Waals surface area contributed by atoms with Crippen LogP contribution in [0.3, 0.4) is 0 Å². The van der Waals surface area contributed by atoms with E-state index in [0.29, 0.717) is 11.4 Å². The Kier molecular flexibility index (Phi) is 6.41. The van der Waals surface area contributed by atoms with Crippen molar-refractivity contribution in [3.05, 3.63) is 54.4 Å². The van der Waals surface area contributed by atoms with E-state index in [9.17, 15) is 13.2 Å². The first-order valence-corrected chi connectivity index (χ1v) is 10.6. The monoisotopic (exact) mass is 388 g/mol. The number of sulfonamides is 1. The van der Waals surface area contributed by atoms with Gasteiger partial charge in [0.1, 0.15) is 0 Å². The summed E-state index contributed by atoms with van der Waals surface area (Å²) >= 11 is 0. The molecule has 27 heavy (non-hydrogen) atoms. The summed E-state index contributed by atoms with van der Waals surface area (Å²) < 4.78 is 27.3. The van der Waals surface area contributed by atoms with Crippen LogP contribution >= 0.6 is 0 Å². The van der Waals surface area contributed by atoms with Crippen molar-refractivity contribution in [2.75, 3.05) is 18.4 Å². The molecule has 7 nitrogen and oxygen atoms in total. The minimum Gasteiger partial charge on any atom is -0.325 e. The highest BCUT2D eigenvalue weighted by atomic mass is 32.2. The van der Waals surface area contributed by atoms with Crippen LogP contribution in [-0.2, 0) is 16.6 Å². The highest BCUT2D eigenvalue weighted by molar-refractivity contribution is 7.89. The second-order valence-corrected chi connectivity index (χ2v) is 8.27. The molecule has 0 aliphatic carbocycles. The summed E-state index contributed by atoms with van der Waals surface area (Å²) in [5.41, 5.74) is 1.22. The lowest BCUT2D eigenvalue weighted by Crippen LogP contribution is -2.35. The molecule has 2 amide bonds. The third-order valence-corrected chi connectivity index (χ3v) is 5.90. The van der Waals surface area contributed by atoms with Crippen molar-refractivity contribution < 1.29 is 13.2 Å². The molecule has 144 valence electrons. The van der Waals surface area contributed by atoms with E-state index in [4.69, 9.17) is 0 Å². The molecule has 0 atom stereocenters. The molecule has 8 heteroatoms. The Morgan fingerprint density at radius 3 is 2.33 bits per heavy atom. The van der Waals surface area contributed by atoms with Crippen molar-refractivity contribution >= 4 is 21.7 Å². The molecular formula is C19H24N4O3S. The Balaban J connectivity index is 1.59. The molecule has 2 aromatic rings. The number of nitrogens with zero attached hydrogens (tertiary/aromatic N) is 2. The van der Waals surface area contributed by atoms with Crippen LogP contribution in [0.2, 0.25) is 0 Å². The van der Waals surface area contributed by atoms with Gasteiger partial charge in [-0.05, 0) is 49.2 Å². The van der Waals surface area contributed by atoms with Gasteiger partial charge in [-0.2, -0.15) is 0 Å². The summed E-state index contributed by atoms with van der Waals surface area (Å²) in [5.74, 6) is 0. The Bertz CT molecular complexity index is 846. The first-order valence-electron chi connectivity index (χ1n) is 9.10. The van der Waals surface area contributed by atoms with Crippen molar-refractivity contribution in [3.8, 4) is 0 Å². The molecular weight excluding hydrogens is 364 g/mol. The number of rotatable bonds is 5. The highest BCUT2D eigenvalue weighted by Gasteiger charge is 2.17. The maximum absolute atomic E-state index is 12.4. The number of amides is 2. The van der Waals surface area contributed by atoms with Gasteiger partial charge >= 0.3 is 6.03 Å². The van der Waals surface area contributed by atoms with Crippen LogP contribution < -0.4 is 10.0 Å². The van der Waals surface area contributed by atoms with Gasteiger partial charge in [0.15, 0.2) is 0 Å². The number of benzene rings is 1. The average Bonchev–Trinajstić information content (AvgIpc) is 2.97. The summed E-state index contributed by atoms with van der Waals surface area (Å²) in [6.45, 7) is 1.64. The fourth-order valence-corrected chi connectivity index (χ4v) is 3.95. The molecule has 1 aliphatic heterocycles. The molecule has 0 radical (unpaired) electrons. The Hall–Kier alpha value is -2.45. The fraction of sp³-hybridized carbons (Fsp3) is 0.368. The van der Waals surface area contributed by atoms with E-state index < -0.39 is 10.0 Å². The number of aromatic nitrogens is 1. The molecule has 1 aliphatic rings. The van der Waals surface area contributed by atoms with Crippen molar-refractivity contribution in [1.82, 2.24) is 14.6 Å². The number of carbonyl (C=O) groups is 1. The van der Waals surface area contributed by atoms with Gasteiger partial charge in [-0.15, -0.1) is 0 Å². The van der Waals surface area contributed by atoms with E-state index in [2.05, 4.69) is 15.0 Å². The third-order valence-electron chi connectivity index (χ3n) is 4.48. The predicted octanol–water partition coefficient (Wildman–Crippen LogP) is 2.97. The lowest BCUT2D eigenvalue weighted by Gasteiger charge is -2.20. The molecule has 2 N–H and O–H groups in total. The smallest absolute Gasteiger partial charge is 0.321 e. The Morgan fingerprint density at radius 1 is 1.00 bits per heavy atom. The van der Waals surface area contributed by atoms with E-state index in [-0.39, 0.29) is 17.5 Å². The maximum Gasteiger partial charge on any atom is 0.321 e. The lowest BCUT2D eigenvalue weighted by molar-refractivity contribution is 0.214. The molecule has 1 fully saturated rings. The van der Waals surface area contributed by atoms with Crippen molar-refractivity contribution in [3.63, 3.8) is 0 Å². The van der Waals surface area contributed by atoms with Crippen LogP contribution in [0.5, 0.6) is 0 Å². The summed E-state index contributed by atoms with van der Waals surface area (Å²) in [4.78, 5) is 18.4. The molecule has 0 saturated carbocycles. The van der Waals surface area contributed by atoms with E-state index in [1.54, 1.807) is 36.5 Å². The summed E-state index contributed by atoms with van der Waals surface area (Å²) in [5, 5.41) is 2.84. The fourth-order valence-electron chi connectivity index (χ4n) is 2.95. The predicted molar refractivity (Wildman–Crippen MR) is 104 cm³/mol. The van der Waals surface area contributed by atoms with Gasteiger partial charge in [-0.3, -0.25) is 4.98 Å². The number of anilines is 1. The van der Waals surface area contributed by atoms with E-state index in [0.717, 1.165) is 38.8 Å². The van der Waals surface area contributed by atoms with Gasteiger partial charge in [-0.1, -0.05) is 18.9 Å². The molecule has 2 heterocycles. The van der Waals surface area contributed by atoms with Gasteiger partial charge in [0.25, 0.3) is 0 Å². The second kappa shape index (κ2) is 8.96. The number of carbonyl (C=O) groups excluding carboxylic acids is 1. The molecule has 0 unspecified atom stereocenters. The Morgan fingerprint density at radius 2 is 1.70 bits per heavy atom. The highest BCUT2D eigenvalue weighted by Crippen LogP contribution is 2.16. The van der Waals surface area contributed by atoms with Gasteiger partial charge in [0.2, 0.25) is 10.0 Å². The van der Waals surface area contributed by atoms with Crippen molar-refractivity contribution in [2.24, 2.45) is 0 Å². The van der Waals surface area contributed by atoms with Gasteiger partial charge in [-0.25, -0.2) is 17.9 Å². The van der Waals surface area contributed by atoms with Crippen LogP contribution in [0.25, 0.3) is 0 Å². The van der Waals surface area contributed by atoms with E-state index >= 15 is 0 Å². The minimum absolute atomic E-state index is 0.122. The standard InChI is InChI=1S/C19H24N4O3S/c24-19(23-13-5-1-2-6-14-23)22-16-8-10-18(11-9-16)27(25,26)21-15-17-7-3-4-12-20-17/h3-4,7-12,21H,1-2,5-6,13-15H2,(H,22,24). The molecule has 3 rings (SSSR count).